The van der Waals surface area contributed by atoms with Crippen LogP contribution in [-0.4, -0.2) is 24.2 Å². The number of alkyl halides is 3. The zero-order valence-corrected chi connectivity index (χ0v) is 10.4. The summed E-state index contributed by atoms with van der Waals surface area (Å²) in [7, 11) is 0. The molecule has 1 aromatic heterocycles. The molecule has 0 fully saturated rings. The summed E-state index contributed by atoms with van der Waals surface area (Å²) in [5, 5.41) is 0. The maximum Gasteiger partial charge on any atom is 0.412 e. The van der Waals surface area contributed by atoms with E-state index in [1.165, 1.54) is 6.08 Å². The van der Waals surface area contributed by atoms with Crippen molar-refractivity contribution in [2.45, 2.75) is 12.6 Å². The Morgan fingerprint density at radius 3 is 2.65 bits per heavy atom. The van der Waals surface area contributed by atoms with Crippen LogP contribution in [0.5, 0.6) is 0 Å². The van der Waals surface area contributed by atoms with Crippen LogP contribution in [0.15, 0.2) is 34.6 Å². The van der Waals surface area contributed by atoms with Crippen LogP contribution in [-0.2, 0) is 0 Å². The number of pyridine rings is 1. The number of nitrogens with zero attached hydrogens (tertiary/aromatic N) is 2. The lowest BCUT2D eigenvalue weighted by Crippen LogP contribution is -2.32. The molecule has 1 aliphatic rings. The Morgan fingerprint density at radius 1 is 1.35 bits per heavy atom. The summed E-state index contributed by atoms with van der Waals surface area (Å²) in [4.78, 5) is 5.81. The SMILES string of the molecule is FC(F)(F)C1=CCN(c2ccncc2Br)CC1. The van der Waals surface area contributed by atoms with E-state index in [4.69, 9.17) is 0 Å². The summed E-state index contributed by atoms with van der Waals surface area (Å²) in [6, 6.07) is 1.79. The molecule has 1 aliphatic heterocycles. The van der Waals surface area contributed by atoms with Crippen LogP contribution in [0.1, 0.15) is 6.42 Å². The standard InChI is InChI=1S/C11H10BrF3N2/c12-9-7-16-4-1-10(9)17-5-2-8(3-6-17)11(13,14)15/h1-2,4,7H,3,5-6H2. The fraction of sp³-hybridized carbons (Fsp3) is 0.364. The normalized spacial score (nSPS) is 16.9. The van der Waals surface area contributed by atoms with Gasteiger partial charge in [-0.3, -0.25) is 4.98 Å². The highest BCUT2D eigenvalue weighted by Gasteiger charge is 2.34. The second-order valence-corrected chi connectivity index (χ2v) is 4.60. The van der Waals surface area contributed by atoms with Crippen molar-refractivity contribution in [3.63, 3.8) is 0 Å². The lowest BCUT2D eigenvalue weighted by molar-refractivity contribution is -0.0943. The summed E-state index contributed by atoms with van der Waals surface area (Å²) in [5.41, 5.74) is 0.441. The minimum atomic E-state index is -4.19. The third-order valence-corrected chi connectivity index (χ3v) is 3.28. The molecule has 0 radical (unpaired) electrons. The van der Waals surface area contributed by atoms with Crippen molar-refractivity contribution in [2.24, 2.45) is 0 Å². The van der Waals surface area contributed by atoms with Gasteiger partial charge in [0.05, 0.1) is 10.2 Å². The third-order valence-electron chi connectivity index (χ3n) is 2.66. The van der Waals surface area contributed by atoms with Crippen LogP contribution in [0.4, 0.5) is 18.9 Å². The van der Waals surface area contributed by atoms with Crippen LogP contribution in [0.2, 0.25) is 0 Å². The van der Waals surface area contributed by atoms with Crippen molar-refractivity contribution >= 4 is 21.6 Å². The van der Waals surface area contributed by atoms with Crippen molar-refractivity contribution in [1.82, 2.24) is 4.98 Å². The molecule has 0 spiro atoms. The molecule has 0 bridgehead atoms. The molecule has 2 rings (SSSR count). The molecule has 2 nitrogen and oxygen atoms in total. The highest BCUT2D eigenvalue weighted by Crippen LogP contribution is 2.33. The van der Waals surface area contributed by atoms with E-state index in [1.807, 2.05) is 4.90 Å². The van der Waals surface area contributed by atoms with E-state index in [2.05, 4.69) is 20.9 Å². The van der Waals surface area contributed by atoms with E-state index < -0.39 is 11.7 Å². The fourth-order valence-electron chi connectivity index (χ4n) is 1.77. The van der Waals surface area contributed by atoms with Gasteiger partial charge in [-0.25, -0.2) is 0 Å². The Bertz CT molecular complexity index is 443. The number of hydrogen-bond acceptors (Lipinski definition) is 2. The Balaban J connectivity index is 2.15. The topological polar surface area (TPSA) is 16.1 Å². The zero-order chi connectivity index (χ0) is 12.5. The maximum atomic E-state index is 12.4. The van der Waals surface area contributed by atoms with E-state index >= 15 is 0 Å². The predicted octanol–water partition coefficient (Wildman–Crippen LogP) is 3.54. The van der Waals surface area contributed by atoms with Crippen molar-refractivity contribution < 1.29 is 13.2 Å². The van der Waals surface area contributed by atoms with Gasteiger partial charge in [-0.2, -0.15) is 13.2 Å². The Labute approximate surface area is 105 Å². The molecule has 0 saturated carbocycles. The molecule has 0 N–H and O–H groups in total. The van der Waals surface area contributed by atoms with Gasteiger partial charge in [-0.1, -0.05) is 6.08 Å². The van der Waals surface area contributed by atoms with Crippen LogP contribution in [0, 0.1) is 0 Å². The number of aromatic nitrogens is 1. The van der Waals surface area contributed by atoms with Crippen molar-refractivity contribution in [3.05, 3.63) is 34.6 Å². The molecule has 2 heterocycles. The summed E-state index contributed by atoms with van der Waals surface area (Å²) >= 11 is 3.34. The smallest absolute Gasteiger partial charge is 0.366 e. The third kappa shape index (κ3) is 2.80. The van der Waals surface area contributed by atoms with Crippen molar-refractivity contribution in [3.8, 4) is 0 Å². The fourth-order valence-corrected chi connectivity index (χ4v) is 2.27. The summed E-state index contributed by atoms with van der Waals surface area (Å²) in [6.07, 6.45) is 0.345. The van der Waals surface area contributed by atoms with Gasteiger partial charge in [0.15, 0.2) is 0 Å². The van der Waals surface area contributed by atoms with Crippen molar-refractivity contribution in [2.75, 3.05) is 18.0 Å². The van der Waals surface area contributed by atoms with E-state index in [-0.39, 0.29) is 13.0 Å². The first-order valence-electron chi connectivity index (χ1n) is 5.09. The number of rotatable bonds is 1. The van der Waals surface area contributed by atoms with E-state index in [1.54, 1.807) is 18.5 Å². The van der Waals surface area contributed by atoms with Gasteiger partial charge in [0, 0.05) is 31.1 Å². The van der Waals surface area contributed by atoms with Crippen molar-refractivity contribution in [1.29, 1.82) is 0 Å². The van der Waals surface area contributed by atoms with Crippen LogP contribution < -0.4 is 4.90 Å². The average molecular weight is 307 g/mol. The highest BCUT2D eigenvalue weighted by atomic mass is 79.9. The highest BCUT2D eigenvalue weighted by molar-refractivity contribution is 9.10. The first-order valence-corrected chi connectivity index (χ1v) is 5.88. The second-order valence-electron chi connectivity index (χ2n) is 3.75. The van der Waals surface area contributed by atoms with Crippen LogP contribution in [0.3, 0.4) is 0 Å². The molecular weight excluding hydrogens is 297 g/mol. The molecule has 0 aromatic carbocycles. The largest absolute Gasteiger partial charge is 0.412 e. The quantitative estimate of drug-likeness (QED) is 0.738. The van der Waals surface area contributed by atoms with Gasteiger partial charge in [0.25, 0.3) is 0 Å². The van der Waals surface area contributed by atoms with E-state index in [0.29, 0.717) is 6.54 Å². The van der Waals surface area contributed by atoms with Crippen LogP contribution >= 0.6 is 15.9 Å². The number of halogens is 4. The monoisotopic (exact) mass is 306 g/mol. The molecule has 1 aromatic rings. The molecule has 6 heteroatoms. The van der Waals surface area contributed by atoms with E-state index in [9.17, 15) is 13.2 Å². The molecule has 0 amide bonds. The van der Waals surface area contributed by atoms with E-state index in [0.717, 1.165) is 10.2 Å². The summed E-state index contributed by atoms with van der Waals surface area (Å²) < 4.78 is 38.1. The van der Waals surface area contributed by atoms with Crippen LogP contribution in [0.25, 0.3) is 0 Å². The number of hydrogen-bond donors (Lipinski definition) is 0. The molecule has 92 valence electrons. The Hall–Kier alpha value is -1.04. The van der Waals surface area contributed by atoms with Gasteiger partial charge in [0.1, 0.15) is 0 Å². The molecule has 0 atom stereocenters. The zero-order valence-electron chi connectivity index (χ0n) is 8.84. The summed E-state index contributed by atoms with van der Waals surface area (Å²) in [5.74, 6) is 0. The minimum absolute atomic E-state index is 0.0261. The molecule has 0 saturated heterocycles. The molecular formula is C11H10BrF3N2. The Kier molecular flexibility index (Phi) is 3.42. The van der Waals surface area contributed by atoms with Gasteiger partial charge in [-0.15, -0.1) is 0 Å². The lowest BCUT2D eigenvalue weighted by atomic mass is 10.1. The molecule has 17 heavy (non-hydrogen) atoms. The first-order chi connectivity index (χ1) is 7.98. The molecule has 0 aliphatic carbocycles. The number of anilines is 1. The van der Waals surface area contributed by atoms with Gasteiger partial charge in [-0.05, 0) is 28.4 Å². The minimum Gasteiger partial charge on any atom is -0.366 e. The Morgan fingerprint density at radius 2 is 2.12 bits per heavy atom. The predicted molar refractivity (Wildman–Crippen MR) is 62.9 cm³/mol. The lowest BCUT2D eigenvalue weighted by Gasteiger charge is -2.29. The maximum absolute atomic E-state index is 12.4. The average Bonchev–Trinajstić information content (AvgIpc) is 2.29. The van der Waals surface area contributed by atoms with Gasteiger partial charge in [0.2, 0.25) is 0 Å². The van der Waals surface area contributed by atoms with Gasteiger partial charge < -0.3 is 4.90 Å². The second kappa shape index (κ2) is 4.68. The first kappa shape index (κ1) is 12.4. The summed E-state index contributed by atoms with van der Waals surface area (Å²) in [6.45, 7) is 0.644. The molecule has 0 unspecified atom stereocenters. The van der Waals surface area contributed by atoms with Gasteiger partial charge >= 0.3 is 6.18 Å².